The summed E-state index contributed by atoms with van der Waals surface area (Å²) >= 11 is 0. The third-order valence-electron chi connectivity index (χ3n) is 11.0. The molecule has 0 heterocycles. The van der Waals surface area contributed by atoms with Crippen LogP contribution in [0, 0.1) is 35.5 Å². The maximum Gasteiger partial charge on any atom is 0.138 e. The van der Waals surface area contributed by atoms with Crippen LogP contribution < -0.4 is 0 Å². The Kier molecular flexibility index (Phi) is 10.4. The van der Waals surface area contributed by atoms with Gasteiger partial charge in [-0.15, -0.1) is 0 Å². The molecule has 2 aromatic carbocycles. The van der Waals surface area contributed by atoms with Crippen LogP contribution in [0.15, 0.2) is 60.7 Å². The molecule has 44 heavy (non-hydrogen) atoms. The van der Waals surface area contributed by atoms with Crippen LogP contribution >= 0.6 is 0 Å². The Morgan fingerprint density at radius 1 is 0.636 bits per heavy atom. The van der Waals surface area contributed by atoms with Crippen LogP contribution in [0.25, 0.3) is 0 Å². The fourth-order valence-electron chi connectivity index (χ4n) is 8.13. The summed E-state index contributed by atoms with van der Waals surface area (Å²) in [5, 5.41) is 41.0. The lowest BCUT2D eigenvalue weighted by Crippen LogP contribution is -2.51. The lowest BCUT2D eigenvalue weighted by molar-refractivity contribution is -0.141. The molecule has 0 unspecified atom stereocenters. The fourth-order valence-corrected chi connectivity index (χ4v) is 8.13. The molecule has 6 rings (SSSR count). The Bertz CT molecular complexity index is 1150. The van der Waals surface area contributed by atoms with Crippen LogP contribution in [-0.4, -0.2) is 68.6 Å². The summed E-state index contributed by atoms with van der Waals surface area (Å²) in [6.45, 7) is 5.13. The van der Waals surface area contributed by atoms with E-state index in [9.17, 15) is 30.0 Å². The molecule has 2 aromatic rings. The number of Topliss-reactive ketones (excluding diaryl/α,β-unsaturated/α-hetero) is 2. The van der Waals surface area contributed by atoms with Gasteiger partial charge < -0.3 is 29.9 Å². The predicted molar refractivity (Wildman–Crippen MR) is 164 cm³/mol. The summed E-state index contributed by atoms with van der Waals surface area (Å²) in [5.41, 5.74) is -0.134. The van der Waals surface area contributed by atoms with E-state index in [1.807, 2.05) is 60.7 Å². The number of carbonyl (C=O) groups excluding carboxylic acids is 2. The number of aliphatic hydroxyl groups is 4. The van der Waals surface area contributed by atoms with Crippen LogP contribution in [0.3, 0.4) is 0 Å². The van der Waals surface area contributed by atoms with Crippen molar-refractivity contribution in [3.05, 3.63) is 71.8 Å². The van der Waals surface area contributed by atoms with Gasteiger partial charge in [0.2, 0.25) is 0 Å². The summed E-state index contributed by atoms with van der Waals surface area (Å²) in [4.78, 5) is 24.6. The SMILES string of the molecule is C[C@]1(O)[C@@H]2CC(=O)[C@@H](COCc3ccccc3)[C@H]2CC[C@@H]1O.C[C@]1(O)[C@@H]2CC(=O)[C@H](COCc3ccccc3)[C@H]2CC[C@@H]1O. The Hall–Kier alpha value is -2.46. The van der Waals surface area contributed by atoms with E-state index in [1.54, 1.807) is 13.8 Å². The summed E-state index contributed by atoms with van der Waals surface area (Å²) < 4.78 is 11.5. The Labute approximate surface area is 260 Å². The third kappa shape index (κ3) is 7.01. The first-order chi connectivity index (χ1) is 21.0. The van der Waals surface area contributed by atoms with Gasteiger partial charge in [-0.1, -0.05) is 60.7 Å². The fraction of sp³-hybridized carbons (Fsp3) is 0.611. The number of hydrogen-bond donors (Lipinski definition) is 4. The number of benzene rings is 2. The van der Waals surface area contributed by atoms with E-state index >= 15 is 0 Å². The molecule has 0 saturated heterocycles. The highest BCUT2D eigenvalue weighted by atomic mass is 16.5. The molecule has 10 atom stereocenters. The molecule has 4 aliphatic rings. The zero-order valence-corrected chi connectivity index (χ0v) is 25.9. The first-order valence-corrected chi connectivity index (χ1v) is 16.1. The van der Waals surface area contributed by atoms with Gasteiger partial charge in [0.25, 0.3) is 0 Å². The van der Waals surface area contributed by atoms with E-state index in [1.165, 1.54) is 0 Å². The van der Waals surface area contributed by atoms with Gasteiger partial charge in [-0.3, -0.25) is 9.59 Å². The van der Waals surface area contributed by atoms with E-state index in [-0.39, 0.29) is 47.1 Å². The van der Waals surface area contributed by atoms with Gasteiger partial charge in [-0.25, -0.2) is 0 Å². The number of rotatable bonds is 8. The minimum absolute atomic E-state index is 0.127. The highest BCUT2D eigenvalue weighted by Gasteiger charge is 2.56. The normalized spacial score (nSPS) is 38.0. The zero-order valence-electron chi connectivity index (χ0n) is 25.9. The first kappa shape index (κ1) is 32.9. The standard InChI is InChI=1S/2C18H24O4/c2*1-18(21)15-9-16(19)14(13(15)7-8-17(18)20)11-22-10-12-5-3-2-4-6-12/h2*2-6,13-15,17,20-21H,7-11H2,1H3/t13-,14+,15-,17+,18+;13-,14-,15-,17+,18+/m11/s1. The van der Waals surface area contributed by atoms with Crippen molar-refractivity contribution in [2.45, 2.75) is 89.0 Å². The molecule has 240 valence electrons. The predicted octanol–water partition coefficient (Wildman–Crippen LogP) is 3.86. The molecule has 0 aliphatic heterocycles. The third-order valence-corrected chi connectivity index (χ3v) is 11.0. The highest BCUT2D eigenvalue weighted by Crippen LogP contribution is 2.50. The topological polar surface area (TPSA) is 134 Å². The van der Waals surface area contributed by atoms with Crippen molar-refractivity contribution in [2.75, 3.05) is 13.2 Å². The zero-order chi connectivity index (χ0) is 31.5. The first-order valence-electron chi connectivity index (χ1n) is 16.1. The van der Waals surface area contributed by atoms with Gasteiger partial charge in [0.1, 0.15) is 11.6 Å². The molecule has 0 radical (unpaired) electrons. The van der Waals surface area contributed by atoms with Crippen molar-refractivity contribution in [3.8, 4) is 0 Å². The number of carbonyl (C=O) groups is 2. The molecule has 4 fully saturated rings. The molecule has 0 aromatic heterocycles. The van der Waals surface area contributed by atoms with Crippen molar-refractivity contribution in [3.63, 3.8) is 0 Å². The van der Waals surface area contributed by atoms with Crippen molar-refractivity contribution < 1.29 is 39.5 Å². The monoisotopic (exact) mass is 608 g/mol. The van der Waals surface area contributed by atoms with Crippen molar-refractivity contribution in [2.24, 2.45) is 35.5 Å². The second-order valence-corrected chi connectivity index (χ2v) is 13.7. The number of hydrogen-bond acceptors (Lipinski definition) is 8. The lowest BCUT2D eigenvalue weighted by Gasteiger charge is -2.43. The van der Waals surface area contributed by atoms with Gasteiger partial charge in [0.15, 0.2) is 0 Å². The maximum atomic E-state index is 12.3. The second-order valence-electron chi connectivity index (χ2n) is 13.7. The van der Waals surface area contributed by atoms with E-state index in [4.69, 9.17) is 9.47 Å². The maximum absolute atomic E-state index is 12.3. The summed E-state index contributed by atoms with van der Waals surface area (Å²) in [5.74, 6) is 0.00162. The molecule has 4 aliphatic carbocycles. The van der Waals surface area contributed by atoms with Crippen LogP contribution in [0.2, 0.25) is 0 Å². The van der Waals surface area contributed by atoms with Gasteiger partial charge in [-0.2, -0.15) is 0 Å². The van der Waals surface area contributed by atoms with Crippen LogP contribution in [0.4, 0.5) is 0 Å². The highest BCUT2D eigenvalue weighted by molar-refractivity contribution is 5.85. The molecule has 0 bridgehead atoms. The number of ketones is 2. The molecule has 0 amide bonds. The summed E-state index contributed by atoms with van der Waals surface area (Å²) in [6.07, 6.45) is 1.92. The number of aliphatic hydroxyl groups excluding tert-OH is 2. The molecular formula is C36H48O8. The van der Waals surface area contributed by atoms with E-state index in [0.29, 0.717) is 52.1 Å². The number of ether oxygens (including phenoxy) is 2. The Balaban J connectivity index is 0.000000175. The quantitative estimate of drug-likeness (QED) is 0.355. The molecule has 4 saturated carbocycles. The Morgan fingerprint density at radius 3 is 1.36 bits per heavy atom. The lowest BCUT2D eigenvalue weighted by atomic mass is 9.68. The van der Waals surface area contributed by atoms with E-state index < -0.39 is 23.4 Å². The van der Waals surface area contributed by atoms with E-state index in [0.717, 1.165) is 24.0 Å². The van der Waals surface area contributed by atoms with Gasteiger partial charge in [-0.05, 0) is 62.5 Å². The molecular weight excluding hydrogens is 560 g/mol. The largest absolute Gasteiger partial charge is 0.390 e. The van der Waals surface area contributed by atoms with E-state index in [2.05, 4.69) is 0 Å². The van der Waals surface area contributed by atoms with Gasteiger partial charge in [0, 0.05) is 36.5 Å². The minimum Gasteiger partial charge on any atom is -0.390 e. The molecule has 0 spiro atoms. The summed E-state index contributed by atoms with van der Waals surface area (Å²) in [7, 11) is 0. The second kappa shape index (κ2) is 13.9. The van der Waals surface area contributed by atoms with Crippen LogP contribution in [0.5, 0.6) is 0 Å². The average molecular weight is 609 g/mol. The van der Waals surface area contributed by atoms with Crippen molar-refractivity contribution >= 4 is 11.6 Å². The van der Waals surface area contributed by atoms with Gasteiger partial charge in [0.05, 0.1) is 49.8 Å². The molecule has 8 nitrogen and oxygen atoms in total. The van der Waals surface area contributed by atoms with Crippen LogP contribution in [0.1, 0.15) is 63.5 Å². The Morgan fingerprint density at radius 2 is 1.00 bits per heavy atom. The average Bonchev–Trinajstić information content (AvgIpc) is 3.51. The molecule has 4 N–H and O–H groups in total. The molecule has 8 heteroatoms. The van der Waals surface area contributed by atoms with Crippen molar-refractivity contribution in [1.29, 1.82) is 0 Å². The minimum atomic E-state index is -1.16. The van der Waals surface area contributed by atoms with Crippen molar-refractivity contribution in [1.82, 2.24) is 0 Å². The smallest absolute Gasteiger partial charge is 0.138 e. The summed E-state index contributed by atoms with van der Waals surface area (Å²) in [6, 6.07) is 19.8. The van der Waals surface area contributed by atoms with Gasteiger partial charge >= 0.3 is 0 Å². The van der Waals surface area contributed by atoms with Crippen LogP contribution in [-0.2, 0) is 32.3 Å². The number of fused-ring (bicyclic) bond motifs is 2.